The number of carboxylic acids is 1. The van der Waals surface area contributed by atoms with Crippen LogP contribution in [-0.4, -0.2) is 69.8 Å². The van der Waals surface area contributed by atoms with E-state index in [2.05, 4.69) is 5.32 Å². The summed E-state index contributed by atoms with van der Waals surface area (Å²) in [6.45, 7) is 0.345. The third-order valence-corrected chi connectivity index (χ3v) is 2.90. The van der Waals surface area contributed by atoms with E-state index < -0.39 is 54.5 Å². The maximum absolute atomic E-state index is 11.8. The smallest absolute Gasteiger partial charge is 0.328 e. The summed E-state index contributed by atoms with van der Waals surface area (Å²) in [7, 11) is 0. The molecule has 0 rings (SSSR count). The van der Waals surface area contributed by atoms with Gasteiger partial charge in [0.25, 0.3) is 0 Å². The third kappa shape index (κ3) is 7.54. The summed E-state index contributed by atoms with van der Waals surface area (Å²) < 4.78 is 0. The van der Waals surface area contributed by atoms with Gasteiger partial charge in [0.1, 0.15) is 6.04 Å². The molecule has 4 atom stereocenters. The van der Waals surface area contributed by atoms with Crippen LogP contribution in [0, 0.1) is 0 Å². The second kappa shape index (κ2) is 9.71. The molecule has 0 aliphatic carbocycles. The van der Waals surface area contributed by atoms with Crippen molar-refractivity contribution in [3.8, 4) is 0 Å². The van der Waals surface area contributed by atoms with Crippen LogP contribution >= 0.6 is 0 Å². The number of nitrogens with two attached hydrogens (primary N) is 2. The normalized spacial score (nSPS) is 15.8. The first kappa shape index (κ1) is 20.8. The number of nitrogens with one attached hydrogen (secondary N) is 2. The van der Waals surface area contributed by atoms with Gasteiger partial charge in [-0.1, -0.05) is 0 Å². The zero-order chi connectivity index (χ0) is 18.2. The topological polar surface area (TPSA) is 205 Å². The highest BCUT2D eigenvalue weighted by molar-refractivity contribution is 5.92. The Morgan fingerprint density at radius 3 is 2.09 bits per heavy atom. The molecule has 0 aliphatic heterocycles. The van der Waals surface area contributed by atoms with Crippen LogP contribution in [0.5, 0.6) is 0 Å². The lowest BCUT2D eigenvalue weighted by Gasteiger charge is -2.22. The molecule has 0 aromatic carbocycles. The SMILES string of the molecule is CC(O)C(NC(=O)C(CO)NC(=O)C(N)CCC(N)=O)C(=O)O. The fourth-order valence-corrected chi connectivity index (χ4v) is 1.54. The molecule has 0 aromatic rings. The van der Waals surface area contributed by atoms with E-state index in [-0.39, 0.29) is 12.8 Å². The Hall–Kier alpha value is -2.24. The van der Waals surface area contributed by atoms with E-state index in [1.807, 2.05) is 5.32 Å². The average Bonchev–Trinajstić information content (AvgIpc) is 2.46. The summed E-state index contributed by atoms with van der Waals surface area (Å²) in [6, 6.07) is -4.18. The van der Waals surface area contributed by atoms with Gasteiger partial charge >= 0.3 is 5.97 Å². The zero-order valence-corrected chi connectivity index (χ0v) is 12.6. The van der Waals surface area contributed by atoms with Gasteiger partial charge in [0.05, 0.1) is 18.8 Å². The van der Waals surface area contributed by atoms with Crippen LogP contribution in [0.25, 0.3) is 0 Å². The minimum Gasteiger partial charge on any atom is -0.480 e. The number of amides is 3. The van der Waals surface area contributed by atoms with Crippen LogP contribution in [0.3, 0.4) is 0 Å². The van der Waals surface area contributed by atoms with Gasteiger partial charge in [-0.2, -0.15) is 0 Å². The van der Waals surface area contributed by atoms with Crippen molar-refractivity contribution in [1.29, 1.82) is 0 Å². The number of carbonyl (C=O) groups is 4. The largest absolute Gasteiger partial charge is 0.480 e. The Morgan fingerprint density at radius 1 is 1.13 bits per heavy atom. The van der Waals surface area contributed by atoms with Crippen LogP contribution in [0.4, 0.5) is 0 Å². The van der Waals surface area contributed by atoms with Gasteiger partial charge in [-0.05, 0) is 13.3 Å². The zero-order valence-electron chi connectivity index (χ0n) is 12.6. The number of primary amides is 1. The van der Waals surface area contributed by atoms with E-state index in [1.54, 1.807) is 0 Å². The number of carbonyl (C=O) groups excluding carboxylic acids is 3. The second-order valence-electron chi connectivity index (χ2n) is 4.92. The number of aliphatic hydroxyl groups excluding tert-OH is 2. The molecule has 0 heterocycles. The molecule has 0 fully saturated rings. The molecule has 4 unspecified atom stereocenters. The first-order valence-corrected chi connectivity index (χ1v) is 6.76. The summed E-state index contributed by atoms with van der Waals surface area (Å²) >= 11 is 0. The van der Waals surface area contributed by atoms with Crippen molar-refractivity contribution in [2.75, 3.05) is 6.61 Å². The maximum Gasteiger partial charge on any atom is 0.328 e. The number of hydrogen-bond donors (Lipinski definition) is 7. The lowest BCUT2D eigenvalue weighted by atomic mass is 10.1. The van der Waals surface area contributed by atoms with Gasteiger partial charge in [-0.15, -0.1) is 0 Å². The molecule has 9 N–H and O–H groups in total. The van der Waals surface area contributed by atoms with Gasteiger partial charge in [0.15, 0.2) is 6.04 Å². The second-order valence-corrected chi connectivity index (χ2v) is 4.92. The highest BCUT2D eigenvalue weighted by Gasteiger charge is 2.29. The molecule has 0 saturated carbocycles. The van der Waals surface area contributed by atoms with Crippen LogP contribution in [0.15, 0.2) is 0 Å². The van der Waals surface area contributed by atoms with E-state index in [4.69, 9.17) is 21.7 Å². The lowest BCUT2D eigenvalue weighted by molar-refractivity contribution is -0.145. The van der Waals surface area contributed by atoms with E-state index in [0.29, 0.717) is 0 Å². The van der Waals surface area contributed by atoms with E-state index in [9.17, 15) is 24.3 Å². The first-order chi connectivity index (χ1) is 10.6. The average molecular weight is 334 g/mol. The van der Waals surface area contributed by atoms with Crippen molar-refractivity contribution in [2.24, 2.45) is 11.5 Å². The van der Waals surface area contributed by atoms with Gasteiger partial charge in [-0.3, -0.25) is 14.4 Å². The molecule has 0 aromatic heterocycles. The summed E-state index contributed by atoms with van der Waals surface area (Å²) in [5.74, 6) is -3.94. The van der Waals surface area contributed by atoms with Crippen molar-refractivity contribution >= 4 is 23.7 Å². The van der Waals surface area contributed by atoms with Gasteiger partial charge in [0.2, 0.25) is 17.7 Å². The molecule has 0 bridgehead atoms. The summed E-state index contributed by atoms with van der Waals surface area (Å²) in [5, 5.41) is 31.4. The van der Waals surface area contributed by atoms with E-state index in [1.165, 1.54) is 0 Å². The summed E-state index contributed by atoms with van der Waals surface area (Å²) in [6.07, 6.45) is -1.57. The quantitative estimate of drug-likeness (QED) is 0.209. The molecule has 3 amide bonds. The molecule has 0 saturated heterocycles. The Bertz CT molecular complexity index is 455. The van der Waals surface area contributed by atoms with Crippen LogP contribution in [0.1, 0.15) is 19.8 Å². The van der Waals surface area contributed by atoms with Gasteiger partial charge in [0, 0.05) is 6.42 Å². The van der Waals surface area contributed by atoms with Crippen molar-refractivity contribution in [2.45, 2.75) is 44.0 Å². The highest BCUT2D eigenvalue weighted by atomic mass is 16.4. The van der Waals surface area contributed by atoms with Crippen molar-refractivity contribution < 1.29 is 34.5 Å². The number of aliphatic carboxylic acids is 1. The minimum absolute atomic E-state index is 0.0492. The molecule has 11 nitrogen and oxygen atoms in total. The lowest BCUT2D eigenvalue weighted by Crippen LogP contribution is -2.57. The fraction of sp³-hybridized carbons (Fsp3) is 0.667. The number of hydrogen-bond acceptors (Lipinski definition) is 7. The molecule has 11 heteroatoms. The van der Waals surface area contributed by atoms with Crippen molar-refractivity contribution in [1.82, 2.24) is 10.6 Å². The maximum atomic E-state index is 11.8. The molecule has 0 spiro atoms. The van der Waals surface area contributed by atoms with Crippen molar-refractivity contribution in [3.63, 3.8) is 0 Å². The molecular formula is C12H22N4O7. The van der Waals surface area contributed by atoms with Crippen LogP contribution in [-0.2, 0) is 19.2 Å². The van der Waals surface area contributed by atoms with Gasteiger partial charge in [-0.25, -0.2) is 4.79 Å². The van der Waals surface area contributed by atoms with E-state index in [0.717, 1.165) is 6.92 Å². The van der Waals surface area contributed by atoms with Crippen LogP contribution < -0.4 is 22.1 Å². The minimum atomic E-state index is -1.60. The van der Waals surface area contributed by atoms with E-state index >= 15 is 0 Å². The Morgan fingerprint density at radius 2 is 1.70 bits per heavy atom. The molecule has 132 valence electrons. The number of carboxylic acid groups (broad SMARTS) is 1. The monoisotopic (exact) mass is 334 g/mol. The number of rotatable bonds is 10. The fourth-order valence-electron chi connectivity index (χ4n) is 1.54. The third-order valence-electron chi connectivity index (χ3n) is 2.90. The number of aliphatic hydroxyl groups is 2. The first-order valence-electron chi connectivity index (χ1n) is 6.76. The predicted molar refractivity (Wildman–Crippen MR) is 76.7 cm³/mol. The Labute approximate surface area is 132 Å². The summed E-state index contributed by atoms with van der Waals surface area (Å²) in [4.78, 5) is 45.1. The Balaban J connectivity index is 4.69. The van der Waals surface area contributed by atoms with Gasteiger partial charge < -0.3 is 37.4 Å². The molecule has 0 radical (unpaired) electrons. The summed E-state index contributed by atoms with van der Waals surface area (Å²) in [5.41, 5.74) is 10.4. The molecule has 23 heavy (non-hydrogen) atoms. The molecule has 0 aliphatic rings. The predicted octanol–water partition coefficient (Wildman–Crippen LogP) is -3.99. The highest BCUT2D eigenvalue weighted by Crippen LogP contribution is 1.98. The van der Waals surface area contributed by atoms with Crippen molar-refractivity contribution in [3.05, 3.63) is 0 Å². The molecular weight excluding hydrogens is 312 g/mol. The van der Waals surface area contributed by atoms with Crippen LogP contribution in [0.2, 0.25) is 0 Å². The standard InChI is InChI=1S/C12H22N4O7/c1-5(18)9(12(22)23)16-11(21)7(4-17)15-10(20)6(13)2-3-8(14)19/h5-7,9,17-18H,2-4,13H2,1H3,(H2,14,19)(H,15,20)(H,16,21)(H,22,23). The Kier molecular flexibility index (Phi) is 8.77.